The number of rotatable bonds is 0. The molecule has 0 radical (unpaired) electrons. The lowest BCUT2D eigenvalue weighted by Crippen LogP contribution is -1.86. The molecule has 1 rings (SSSR count). The highest BCUT2D eigenvalue weighted by molar-refractivity contribution is 7.80. The van der Waals surface area contributed by atoms with Crippen molar-refractivity contribution in [1.82, 2.24) is 0 Å². The van der Waals surface area contributed by atoms with Gasteiger partial charge in [0.1, 0.15) is 0 Å². The van der Waals surface area contributed by atoms with Gasteiger partial charge < -0.3 is 5.11 Å². The van der Waals surface area contributed by atoms with Crippen LogP contribution in [-0.4, -0.2) is 10.9 Å². The zero-order chi connectivity index (χ0) is 9.84. The van der Waals surface area contributed by atoms with Gasteiger partial charge in [-0.25, -0.2) is 4.39 Å². The van der Waals surface area contributed by atoms with Gasteiger partial charge in [-0.05, 0) is 12.1 Å². The summed E-state index contributed by atoms with van der Waals surface area (Å²) in [6, 6.07) is 1.99. The second-order valence-corrected chi connectivity index (χ2v) is 2.57. The average molecular weight is 200 g/mol. The smallest absolute Gasteiger partial charge is 0.200 e. The first-order valence-corrected chi connectivity index (χ1v) is 4.06. The van der Waals surface area contributed by atoms with Crippen molar-refractivity contribution in [3.8, 4) is 17.6 Å². The number of benzene rings is 1. The van der Waals surface area contributed by atoms with Gasteiger partial charge >= 0.3 is 0 Å². The average Bonchev–Trinajstić information content (AvgIpc) is 2.10. The van der Waals surface area contributed by atoms with Crippen molar-refractivity contribution in [2.24, 2.45) is 0 Å². The Balaban J connectivity index is 3.13. The lowest BCUT2D eigenvalue weighted by molar-refractivity contribution is 0.407. The Kier molecular flexibility index (Phi) is 3.15. The Morgan fingerprint density at radius 1 is 1.38 bits per heavy atom. The number of hydrogen-bond acceptors (Lipinski definition) is 2. The molecule has 0 aromatic heterocycles. The van der Waals surface area contributed by atoms with Gasteiger partial charge in [0.05, 0.1) is 5.75 Å². The van der Waals surface area contributed by atoms with Crippen LogP contribution in [0.5, 0.6) is 5.75 Å². The molecule has 0 spiro atoms. The highest BCUT2D eigenvalue weighted by Gasteiger charge is 2.07. The molecule has 0 atom stereocenters. The van der Waals surface area contributed by atoms with Crippen molar-refractivity contribution in [3.63, 3.8) is 0 Å². The Morgan fingerprint density at radius 2 is 2.08 bits per heavy atom. The first kappa shape index (κ1) is 9.87. The van der Waals surface area contributed by atoms with E-state index >= 15 is 0 Å². The number of phenols is 1. The maximum Gasteiger partial charge on any atom is 0.200 e. The molecule has 0 unspecified atom stereocenters. The summed E-state index contributed by atoms with van der Waals surface area (Å²) in [6.07, 6.45) is 0. The highest BCUT2D eigenvalue weighted by atomic mass is 32.1. The number of hydrogen-bond donors (Lipinski definition) is 2. The van der Waals surface area contributed by atoms with Gasteiger partial charge in [-0.2, -0.15) is 17.0 Å². The quantitative estimate of drug-likeness (QED) is 0.484. The van der Waals surface area contributed by atoms with Crippen LogP contribution in [-0.2, 0) is 0 Å². The second-order valence-electron chi connectivity index (χ2n) is 2.25. The van der Waals surface area contributed by atoms with Gasteiger partial charge in [-0.1, -0.05) is 11.8 Å². The van der Waals surface area contributed by atoms with E-state index in [1.165, 1.54) is 0 Å². The van der Waals surface area contributed by atoms with E-state index in [0.29, 0.717) is 5.75 Å². The molecule has 1 aromatic carbocycles. The van der Waals surface area contributed by atoms with Crippen molar-refractivity contribution in [3.05, 3.63) is 29.3 Å². The van der Waals surface area contributed by atoms with Gasteiger partial charge in [0.15, 0.2) is 17.4 Å². The molecule has 0 saturated heterocycles. The van der Waals surface area contributed by atoms with Crippen LogP contribution in [0.1, 0.15) is 5.56 Å². The third kappa shape index (κ3) is 2.36. The first-order chi connectivity index (χ1) is 6.15. The van der Waals surface area contributed by atoms with Crippen LogP contribution in [0.15, 0.2) is 12.1 Å². The summed E-state index contributed by atoms with van der Waals surface area (Å²) in [6.45, 7) is 0. The van der Waals surface area contributed by atoms with Crippen LogP contribution in [0, 0.1) is 23.5 Å². The van der Waals surface area contributed by atoms with Gasteiger partial charge in [0, 0.05) is 5.56 Å². The molecule has 0 heterocycles. The third-order valence-corrected chi connectivity index (χ3v) is 1.48. The standard InChI is InChI=1S/C9H6F2OS/c10-7-4-6(2-1-3-13)5-8(12)9(7)11/h4-5,12-13H,3H2. The van der Waals surface area contributed by atoms with Crippen molar-refractivity contribution < 1.29 is 13.9 Å². The summed E-state index contributed by atoms with van der Waals surface area (Å²) in [7, 11) is 0. The van der Waals surface area contributed by atoms with E-state index in [1.807, 2.05) is 0 Å². The fraction of sp³-hybridized carbons (Fsp3) is 0.111. The number of phenolic OH excluding ortho intramolecular Hbond substituents is 1. The molecule has 0 aliphatic carbocycles. The van der Waals surface area contributed by atoms with Crippen LogP contribution < -0.4 is 0 Å². The molecule has 1 aromatic rings. The van der Waals surface area contributed by atoms with Crippen LogP contribution >= 0.6 is 12.6 Å². The number of halogens is 2. The van der Waals surface area contributed by atoms with Crippen molar-refractivity contribution in [2.75, 3.05) is 5.75 Å². The molecule has 4 heteroatoms. The van der Waals surface area contributed by atoms with E-state index in [4.69, 9.17) is 5.11 Å². The van der Waals surface area contributed by atoms with Crippen LogP contribution in [0.25, 0.3) is 0 Å². The number of thiol groups is 1. The lowest BCUT2D eigenvalue weighted by Gasteiger charge is -1.97. The molecule has 0 bridgehead atoms. The minimum absolute atomic E-state index is 0.227. The second kappa shape index (κ2) is 4.15. The van der Waals surface area contributed by atoms with Crippen LogP contribution in [0.3, 0.4) is 0 Å². The summed E-state index contributed by atoms with van der Waals surface area (Å²) in [5.41, 5.74) is 0.227. The van der Waals surface area contributed by atoms with E-state index in [1.54, 1.807) is 0 Å². The van der Waals surface area contributed by atoms with E-state index in [0.717, 1.165) is 12.1 Å². The largest absolute Gasteiger partial charge is 0.505 e. The first-order valence-electron chi connectivity index (χ1n) is 3.43. The molecule has 0 saturated carbocycles. The predicted molar refractivity (Wildman–Crippen MR) is 48.8 cm³/mol. The molecule has 1 N–H and O–H groups in total. The third-order valence-electron chi connectivity index (χ3n) is 1.32. The minimum Gasteiger partial charge on any atom is -0.505 e. The molecule has 0 amide bonds. The molecule has 1 nitrogen and oxygen atoms in total. The van der Waals surface area contributed by atoms with Gasteiger partial charge in [-0.15, -0.1) is 0 Å². The van der Waals surface area contributed by atoms with Crippen molar-refractivity contribution in [2.45, 2.75) is 0 Å². The fourth-order valence-corrected chi connectivity index (χ4v) is 0.867. The summed E-state index contributed by atoms with van der Waals surface area (Å²) in [4.78, 5) is 0. The van der Waals surface area contributed by atoms with Crippen molar-refractivity contribution in [1.29, 1.82) is 0 Å². The minimum atomic E-state index is -1.25. The van der Waals surface area contributed by atoms with Crippen molar-refractivity contribution >= 4 is 12.6 Å². The predicted octanol–water partition coefficient (Wildman–Crippen LogP) is 1.95. The molecule has 0 aliphatic heterocycles. The zero-order valence-corrected chi connectivity index (χ0v) is 7.41. The van der Waals surface area contributed by atoms with Crippen LogP contribution in [0.4, 0.5) is 8.78 Å². The fourth-order valence-electron chi connectivity index (χ4n) is 0.788. The zero-order valence-electron chi connectivity index (χ0n) is 6.51. The molecule has 0 fully saturated rings. The normalized spacial score (nSPS) is 9.15. The van der Waals surface area contributed by atoms with Gasteiger partial charge in [0.25, 0.3) is 0 Å². The van der Waals surface area contributed by atoms with E-state index in [9.17, 15) is 8.78 Å². The summed E-state index contributed by atoms with van der Waals surface area (Å²) < 4.78 is 25.2. The Hall–Kier alpha value is -1.21. The van der Waals surface area contributed by atoms with Crippen LogP contribution in [0.2, 0.25) is 0 Å². The highest BCUT2D eigenvalue weighted by Crippen LogP contribution is 2.19. The topological polar surface area (TPSA) is 20.2 Å². The monoisotopic (exact) mass is 200 g/mol. The summed E-state index contributed by atoms with van der Waals surface area (Å²) in [5.74, 6) is 2.29. The van der Waals surface area contributed by atoms with E-state index < -0.39 is 17.4 Å². The Bertz CT molecular complexity index is 356. The number of aromatic hydroxyl groups is 1. The lowest BCUT2D eigenvalue weighted by atomic mass is 10.2. The Morgan fingerprint density at radius 3 is 2.62 bits per heavy atom. The molecular weight excluding hydrogens is 194 g/mol. The van der Waals surface area contributed by atoms with E-state index in [2.05, 4.69) is 24.5 Å². The molecule has 68 valence electrons. The molecule has 13 heavy (non-hydrogen) atoms. The summed E-state index contributed by atoms with van der Waals surface area (Å²) in [5, 5.41) is 8.88. The maximum absolute atomic E-state index is 12.6. The Labute approximate surface area is 79.8 Å². The molecule has 0 aliphatic rings. The van der Waals surface area contributed by atoms with Gasteiger partial charge in [-0.3, -0.25) is 0 Å². The molecular formula is C9H6F2OS. The van der Waals surface area contributed by atoms with Gasteiger partial charge in [0.2, 0.25) is 0 Å². The maximum atomic E-state index is 12.6. The summed E-state index contributed by atoms with van der Waals surface area (Å²) >= 11 is 3.82. The SMILES string of the molecule is Oc1cc(C#CCS)cc(F)c1F. The van der Waals surface area contributed by atoms with E-state index in [-0.39, 0.29) is 5.56 Å².